The monoisotopic (exact) mass is 420 g/mol. The summed E-state index contributed by atoms with van der Waals surface area (Å²) < 4.78 is 41.6. The van der Waals surface area contributed by atoms with Crippen molar-refractivity contribution in [2.45, 2.75) is 49.6 Å². The minimum Gasteiger partial charge on any atom is -0.478 e. The molecule has 1 heterocycles. The lowest BCUT2D eigenvalue weighted by atomic mass is 9.82. The van der Waals surface area contributed by atoms with Gasteiger partial charge in [0.05, 0.1) is 16.7 Å². The summed E-state index contributed by atoms with van der Waals surface area (Å²) in [6, 6.07) is 7.83. The van der Waals surface area contributed by atoms with Gasteiger partial charge in [0, 0.05) is 11.4 Å². The van der Waals surface area contributed by atoms with E-state index in [2.05, 4.69) is 4.98 Å². The van der Waals surface area contributed by atoms with Gasteiger partial charge in [0.1, 0.15) is 11.1 Å². The summed E-state index contributed by atoms with van der Waals surface area (Å²) in [5.41, 5.74) is 0.218. The number of halogens is 3. The fourth-order valence-electron chi connectivity index (χ4n) is 3.57. The van der Waals surface area contributed by atoms with Crippen LogP contribution in [-0.2, 0) is 24.8 Å². The number of aromatic carboxylic acids is 1. The summed E-state index contributed by atoms with van der Waals surface area (Å²) in [4.78, 5) is 15.4. The van der Waals surface area contributed by atoms with Gasteiger partial charge in [-0.2, -0.15) is 18.4 Å². The fraction of sp³-hybridized carbons (Fsp3) is 0.381. The van der Waals surface area contributed by atoms with Crippen molar-refractivity contribution >= 4 is 17.7 Å². The van der Waals surface area contributed by atoms with Crippen molar-refractivity contribution in [1.82, 2.24) is 4.98 Å². The van der Waals surface area contributed by atoms with Crippen molar-refractivity contribution in [3.8, 4) is 6.07 Å². The number of carboxylic acid groups (broad SMARTS) is 1. The first-order chi connectivity index (χ1) is 13.7. The van der Waals surface area contributed by atoms with Crippen LogP contribution < -0.4 is 0 Å². The van der Waals surface area contributed by atoms with Crippen molar-refractivity contribution in [2.75, 3.05) is 0 Å². The Morgan fingerprint density at radius 2 is 2.03 bits per heavy atom. The second kappa shape index (κ2) is 8.46. The molecule has 1 atom stereocenters. The minimum atomic E-state index is -4.62. The van der Waals surface area contributed by atoms with E-state index in [1.807, 2.05) is 6.92 Å². The molecule has 0 bridgehead atoms. The summed E-state index contributed by atoms with van der Waals surface area (Å²) in [6.45, 7) is 1.96. The standard InChI is InChI=1S/C21H19F3N2O2S/c1-2-12-5-8-17-15(9-12)18(21(22,23)24)16(10-25)19(26-17)29-11-13-3-6-14(7-4-13)20(27)28/h3-4,6-7,12H,2,5,8-9,11H2,1H3,(H,27,28)/t12-/m0/s1. The second-order valence-corrected chi connectivity index (χ2v) is 7.97. The summed E-state index contributed by atoms with van der Waals surface area (Å²) >= 11 is 1.07. The third-order valence-electron chi connectivity index (χ3n) is 5.18. The summed E-state index contributed by atoms with van der Waals surface area (Å²) in [7, 11) is 0. The molecule has 3 rings (SSSR count). The van der Waals surface area contributed by atoms with E-state index < -0.39 is 23.3 Å². The van der Waals surface area contributed by atoms with Gasteiger partial charge >= 0.3 is 12.1 Å². The molecule has 2 aromatic rings. The maximum absolute atomic E-state index is 13.9. The Morgan fingerprint density at radius 3 is 2.59 bits per heavy atom. The van der Waals surface area contributed by atoms with Crippen LogP contribution in [0.25, 0.3) is 0 Å². The first kappa shape index (κ1) is 21.2. The molecule has 4 nitrogen and oxygen atoms in total. The van der Waals surface area contributed by atoms with Crippen LogP contribution in [0.5, 0.6) is 0 Å². The number of aryl methyl sites for hydroxylation is 1. The number of fused-ring (bicyclic) bond motifs is 1. The average molecular weight is 420 g/mol. The summed E-state index contributed by atoms with van der Waals surface area (Å²) in [5.74, 6) is -0.592. The average Bonchev–Trinajstić information content (AvgIpc) is 2.70. The number of nitrogens with zero attached hydrogens (tertiary/aromatic N) is 2. The lowest BCUT2D eigenvalue weighted by Gasteiger charge is -2.27. The molecule has 0 saturated heterocycles. The van der Waals surface area contributed by atoms with Gasteiger partial charge in [0.25, 0.3) is 0 Å². The molecule has 0 amide bonds. The van der Waals surface area contributed by atoms with Crippen LogP contribution in [0, 0.1) is 17.2 Å². The largest absolute Gasteiger partial charge is 0.478 e. The molecule has 1 aliphatic carbocycles. The maximum Gasteiger partial charge on any atom is 0.418 e. The number of alkyl halides is 3. The quantitative estimate of drug-likeness (QED) is 0.649. The van der Waals surface area contributed by atoms with E-state index in [0.717, 1.165) is 30.2 Å². The van der Waals surface area contributed by atoms with Gasteiger partial charge in [0.15, 0.2) is 0 Å². The topological polar surface area (TPSA) is 74.0 Å². The number of hydrogen-bond donors (Lipinski definition) is 1. The Kier molecular flexibility index (Phi) is 6.18. The van der Waals surface area contributed by atoms with E-state index in [9.17, 15) is 23.2 Å². The van der Waals surface area contributed by atoms with E-state index in [-0.39, 0.29) is 27.8 Å². The molecule has 0 aliphatic heterocycles. The molecular formula is C21H19F3N2O2S. The van der Waals surface area contributed by atoms with Crippen molar-refractivity contribution in [3.63, 3.8) is 0 Å². The van der Waals surface area contributed by atoms with Crippen LogP contribution in [0.4, 0.5) is 13.2 Å². The molecule has 1 aromatic carbocycles. The lowest BCUT2D eigenvalue weighted by Crippen LogP contribution is -2.23. The molecule has 0 spiro atoms. The van der Waals surface area contributed by atoms with Gasteiger partial charge in [-0.1, -0.05) is 25.5 Å². The SMILES string of the molecule is CC[C@H]1CCc2nc(SCc3ccc(C(=O)O)cc3)c(C#N)c(C(F)(F)F)c2C1. The number of hydrogen-bond acceptors (Lipinski definition) is 4. The number of carboxylic acids is 1. The Hall–Kier alpha value is -2.53. The second-order valence-electron chi connectivity index (χ2n) is 7.01. The van der Waals surface area contributed by atoms with Gasteiger partial charge < -0.3 is 5.11 Å². The van der Waals surface area contributed by atoms with Gasteiger partial charge in [-0.25, -0.2) is 9.78 Å². The molecular weight excluding hydrogens is 401 g/mol. The van der Waals surface area contributed by atoms with E-state index in [1.54, 1.807) is 18.2 Å². The highest BCUT2D eigenvalue weighted by Gasteiger charge is 2.40. The normalized spacial score (nSPS) is 16.2. The Balaban J connectivity index is 1.97. The highest BCUT2D eigenvalue weighted by molar-refractivity contribution is 7.98. The molecule has 0 saturated carbocycles. The maximum atomic E-state index is 13.9. The van der Waals surface area contributed by atoms with E-state index >= 15 is 0 Å². The molecule has 0 radical (unpaired) electrons. The first-order valence-electron chi connectivity index (χ1n) is 9.22. The molecule has 0 fully saturated rings. The number of pyridine rings is 1. The third kappa shape index (κ3) is 4.56. The third-order valence-corrected chi connectivity index (χ3v) is 6.23. The van der Waals surface area contributed by atoms with Gasteiger partial charge in [-0.05, 0) is 48.4 Å². The van der Waals surface area contributed by atoms with Crippen LogP contribution in [0.3, 0.4) is 0 Å². The van der Waals surface area contributed by atoms with Crippen molar-refractivity contribution in [3.05, 3.63) is 57.8 Å². The Labute approximate surface area is 170 Å². The van der Waals surface area contributed by atoms with Crippen LogP contribution >= 0.6 is 11.8 Å². The van der Waals surface area contributed by atoms with Crippen LogP contribution in [0.1, 0.15) is 58.1 Å². The lowest BCUT2D eigenvalue weighted by molar-refractivity contribution is -0.138. The predicted molar refractivity (Wildman–Crippen MR) is 103 cm³/mol. The van der Waals surface area contributed by atoms with Crippen LogP contribution in [0.15, 0.2) is 29.3 Å². The molecule has 1 aliphatic rings. The fourth-order valence-corrected chi connectivity index (χ4v) is 4.53. The molecule has 0 unspecified atom stereocenters. The number of carbonyl (C=O) groups is 1. The number of nitriles is 1. The molecule has 1 aromatic heterocycles. The van der Waals surface area contributed by atoms with Crippen molar-refractivity contribution in [1.29, 1.82) is 5.26 Å². The number of thioether (sulfide) groups is 1. The highest BCUT2D eigenvalue weighted by Crippen LogP contribution is 2.42. The Morgan fingerprint density at radius 1 is 1.34 bits per heavy atom. The zero-order chi connectivity index (χ0) is 21.2. The van der Waals surface area contributed by atoms with Crippen LogP contribution in [-0.4, -0.2) is 16.1 Å². The van der Waals surface area contributed by atoms with Gasteiger partial charge in [0.2, 0.25) is 0 Å². The van der Waals surface area contributed by atoms with E-state index in [4.69, 9.17) is 5.11 Å². The number of aromatic nitrogens is 1. The first-order valence-corrected chi connectivity index (χ1v) is 10.2. The Bertz CT molecular complexity index is 966. The van der Waals surface area contributed by atoms with Gasteiger partial charge in [-0.15, -0.1) is 11.8 Å². The minimum absolute atomic E-state index is 0.0795. The summed E-state index contributed by atoms with van der Waals surface area (Å²) in [5, 5.41) is 18.5. The predicted octanol–water partition coefficient (Wildman–Crippen LogP) is 5.48. The van der Waals surface area contributed by atoms with Crippen molar-refractivity contribution in [2.24, 2.45) is 5.92 Å². The molecule has 1 N–H and O–H groups in total. The van der Waals surface area contributed by atoms with Gasteiger partial charge in [-0.3, -0.25) is 0 Å². The smallest absolute Gasteiger partial charge is 0.418 e. The molecule has 8 heteroatoms. The molecule has 152 valence electrons. The number of benzene rings is 1. The molecule has 29 heavy (non-hydrogen) atoms. The zero-order valence-electron chi connectivity index (χ0n) is 15.7. The van der Waals surface area contributed by atoms with Crippen molar-refractivity contribution < 1.29 is 23.1 Å². The van der Waals surface area contributed by atoms with E-state index in [0.29, 0.717) is 18.5 Å². The van der Waals surface area contributed by atoms with Crippen LogP contribution in [0.2, 0.25) is 0 Å². The highest BCUT2D eigenvalue weighted by atomic mass is 32.2. The number of rotatable bonds is 5. The zero-order valence-corrected chi connectivity index (χ0v) is 16.5. The summed E-state index contributed by atoms with van der Waals surface area (Å²) in [6.07, 6.45) is -2.26. The van der Waals surface area contributed by atoms with E-state index in [1.165, 1.54) is 12.1 Å².